The molecule has 1 saturated heterocycles. The number of rotatable bonds is 4. The van der Waals surface area contributed by atoms with Gasteiger partial charge in [-0.3, -0.25) is 4.98 Å². The molecule has 1 atom stereocenters. The molecular formula is C15H25N3. The molecule has 0 aromatic carbocycles. The number of nitrogens with one attached hydrogen (secondary N) is 1. The maximum absolute atomic E-state index is 4.56. The summed E-state index contributed by atoms with van der Waals surface area (Å²) in [6.45, 7) is 12.0. The molecule has 0 saturated carbocycles. The molecule has 1 aromatic rings. The number of hydrogen-bond donors (Lipinski definition) is 1. The van der Waals surface area contributed by atoms with E-state index in [-0.39, 0.29) is 0 Å². The minimum atomic E-state index is 0.585. The Morgan fingerprint density at radius 1 is 1.39 bits per heavy atom. The number of aryl methyl sites for hydroxylation is 2. The minimum Gasteiger partial charge on any atom is -0.370 e. The summed E-state index contributed by atoms with van der Waals surface area (Å²) in [5.74, 6) is 0.771. The average Bonchev–Trinajstić information content (AvgIpc) is 2.75. The molecule has 2 heterocycles. The second-order valence-electron chi connectivity index (χ2n) is 5.72. The van der Waals surface area contributed by atoms with Crippen molar-refractivity contribution in [2.75, 3.05) is 24.5 Å². The Morgan fingerprint density at radius 3 is 2.83 bits per heavy atom. The highest BCUT2D eigenvalue weighted by Gasteiger charge is 2.23. The standard InChI is InChI=1S/C15H25N3/c1-11(2)16-9-14-7-8-18(10-14)15-6-5-12(3)17-13(15)4/h5-6,11,14,16H,7-10H2,1-4H3. The van der Waals surface area contributed by atoms with Crippen molar-refractivity contribution in [3.63, 3.8) is 0 Å². The van der Waals surface area contributed by atoms with E-state index >= 15 is 0 Å². The number of nitrogens with zero attached hydrogens (tertiary/aromatic N) is 2. The van der Waals surface area contributed by atoms with E-state index < -0.39 is 0 Å². The van der Waals surface area contributed by atoms with Crippen LogP contribution in [0.5, 0.6) is 0 Å². The van der Waals surface area contributed by atoms with Crippen LogP contribution in [-0.4, -0.2) is 30.7 Å². The summed E-state index contributed by atoms with van der Waals surface area (Å²) < 4.78 is 0. The predicted molar refractivity (Wildman–Crippen MR) is 77.2 cm³/mol. The quantitative estimate of drug-likeness (QED) is 0.886. The van der Waals surface area contributed by atoms with Gasteiger partial charge in [-0.2, -0.15) is 0 Å². The van der Waals surface area contributed by atoms with Gasteiger partial charge in [0.25, 0.3) is 0 Å². The monoisotopic (exact) mass is 247 g/mol. The molecule has 2 rings (SSSR count). The first-order valence-electron chi connectivity index (χ1n) is 6.99. The largest absolute Gasteiger partial charge is 0.370 e. The molecule has 1 unspecified atom stereocenters. The van der Waals surface area contributed by atoms with Gasteiger partial charge in [-0.15, -0.1) is 0 Å². The van der Waals surface area contributed by atoms with Gasteiger partial charge in [0, 0.05) is 24.8 Å². The van der Waals surface area contributed by atoms with Crippen LogP contribution in [0.1, 0.15) is 31.7 Å². The third-order valence-corrected chi connectivity index (χ3v) is 3.64. The third kappa shape index (κ3) is 3.22. The van der Waals surface area contributed by atoms with Crippen molar-refractivity contribution in [2.24, 2.45) is 5.92 Å². The van der Waals surface area contributed by atoms with Gasteiger partial charge in [-0.05, 0) is 44.9 Å². The van der Waals surface area contributed by atoms with Gasteiger partial charge in [-0.1, -0.05) is 13.8 Å². The topological polar surface area (TPSA) is 28.2 Å². The van der Waals surface area contributed by atoms with Gasteiger partial charge in [0.1, 0.15) is 0 Å². The maximum Gasteiger partial charge on any atom is 0.0608 e. The molecule has 1 aliphatic rings. The van der Waals surface area contributed by atoms with Gasteiger partial charge in [0.15, 0.2) is 0 Å². The van der Waals surface area contributed by atoms with Gasteiger partial charge in [-0.25, -0.2) is 0 Å². The van der Waals surface area contributed by atoms with Crippen LogP contribution in [0.15, 0.2) is 12.1 Å². The molecule has 1 aliphatic heterocycles. The molecule has 1 N–H and O–H groups in total. The van der Waals surface area contributed by atoms with Crippen molar-refractivity contribution < 1.29 is 0 Å². The van der Waals surface area contributed by atoms with Crippen molar-refractivity contribution in [1.29, 1.82) is 0 Å². The van der Waals surface area contributed by atoms with Crippen LogP contribution in [0.2, 0.25) is 0 Å². The lowest BCUT2D eigenvalue weighted by atomic mass is 10.1. The number of pyridine rings is 1. The van der Waals surface area contributed by atoms with E-state index in [0.717, 1.165) is 36.9 Å². The summed E-state index contributed by atoms with van der Waals surface area (Å²) >= 11 is 0. The second-order valence-corrected chi connectivity index (χ2v) is 5.72. The predicted octanol–water partition coefficient (Wildman–Crippen LogP) is 2.52. The lowest BCUT2D eigenvalue weighted by molar-refractivity contribution is 0.480. The van der Waals surface area contributed by atoms with Gasteiger partial charge in [0.2, 0.25) is 0 Å². The molecule has 18 heavy (non-hydrogen) atoms. The number of hydrogen-bond acceptors (Lipinski definition) is 3. The summed E-state index contributed by atoms with van der Waals surface area (Å²) in [5.41, 5.74) is 3.58. The summed E-state index contributed by atoms with van der Waals surface area (Å²) in [6, 6.07) is 4.92. The van der Waals surface area contributed by atoms with Crippen LogP contribution < -0.4 is 10.2 Å². The smallest absolute Gasteiger partial charge is 0.0608 e. The summed E-state index contributed by atoms with van der Waals surface area (Å²) in [6.07, 6.45) is 1.28. The van der Waals surface area contributed by atoms with E-state index in [0.29, 0.717) is 6.04 Å². The van der Waals surface area contributed by atoms with Crippen LogP contribution in [0.25, 0.3) is 0 Å². The molecule has 0 amide bonds. The third-order valence-electron chi connectivity index (χ3n) is 3.64. The Kier molecular flexibility index (Phi) is 4.23. The zero-order chi connectivity index (χ0) is 13.1. The molecule has 0 bridgehead atoms. The Labute approximate surface area is 111 Å². The molecule has 0 radical (unpaired) electrons. The fourth-order valence-electron chi connectivity index (χ4n) is 2.63. The van der Waals surface area contributed by atoms with E-state index in [4.69, 9.17) is 0 Å². The van der Waals surface area contributed by atoms with E-state index in [1.807, 2.05) is 0 Å². The highest BCUT2D eigenvalue weighted by atomic mass is 15.2. The van der Waals surface area contributed by atoms with E-state index in [2.05, 4.69) is 55.0 Å². The van der Waals surface area contributed by atoms with Crippen molar-refractivity contribution in [2.45, 2.75) is 40.2 Å². The zero-order valence-corrected chi connectivity index (χ0v) is 12.0. The summed E-state index contributed by atoms with van der Waals surface area (Å²) in [7, 11) is 0. The van der Waals surface area contributed by atoms with Crippen molar-refractivity contribution in [1.82, 2.24) is 10.3 Å². The second kappa shape index (κ2) is 5.70. The van der Waals surface area contributed by atoms with E-state index in [1.54, 1.807) is 0 Å². The van der Waals surface area contributed by atoms with Crippen molar-refractivity contribution in [3.05, 3.63) is 23.5 Å². The fourth-order valence-corrected chi connectivity index (χ4v) is 2.63. The normalized spacial score (nSPS) is 19.8. The first-order chi connectivity index (χ1) is 8.56. The Morgan fingerprint density at radius 2 is 2.17 bits per heavy atom. The van der Waals surface area contributed by atoms with Crippen LogP contribution in [0, 0.1) is 19.8 Å². The Bertz CT molecular complexity index is 401. The van der Waals surface area contributed by atoms with Gasteiger partial charge in [0.05, 0.1) is 11.4 Å². The minimum absolute atomic E-state index is 0.585. The maximum atomic E-state index is 4.56. The number of anilines is 1. The lowest BCUT2D eigenvalue weighted by Gasteiger charge is -2.21. The molecular weight excluding hydrogens is 222 g/mol. The Hall–Kier alpha value is -1.09. The molecule has 0 spiro atoms. The number of aromatic nitrogens is 1. The van der Waals surface area contributed by atoms with Crippen molar-refractivity contribution >= 4 is 5.69 Å². The van der Waals surface area contributed by atoms with Crippen LogP contribution in [0.4, 0.5) is 5.69 Å². The van der Waals surface area contributed by atoms with Crippen molar-refractivity contribution in [3.8, 4) is 0 Å². The highest BCUT2D eigenvalue weighted by molar-refractivity contribution is 5.51. The molecule has 3 nitrogen and oxygen atoms in total. The molecule has 0 aliphatic carbocycles. The molecule has 100 valence electrons. The van der Waals surface area contributed by atoms with E-state index in [1.165, 1.54) is 12.1 Å². The van der Waals surface area contributed by atoms with Gasteiger partial charge >= 0.3 is 0 Å². The first kappa shape index (κ1) is 13.3. The van der Waals surface area contributed by atoms with E-state index in [9.17, 15) is 0 Å². The Balaban J connectivity index is 1.95. The summed E-state index contributed by atoms with van der Waals surface area (Å²) in [4.78, 5) is 7.04. The SMILES string of the molecule is Cc1ccc(N2CCC(CNC(C)C)C2)c(C)n1. The lowest BCUT2D eigenvalue weighted by Crippen LogP contribution is -2.30. The molecule has 1 aromatic heterocycles. The average molecular weight is 247 g/mol. The zero-order valence-electron chi connectivity index (χ0n) is 12.0. The van der Waals surface area contributed by atoms with Gasteiger partial charge < -0.3 is 10.2 Å². The summed E-state index contributed by atoms with van der Waals surface area (Å²) in [5, 5.41) is 3.54. The highest BCUT2D eigenvalue weighted by Crippen LogP contribution is 2.25. The fraction of sp³-hybridized carbons (Fsp3) is 0.667. The van der Waals surface area contributed by atoms with Crippen LogP contribution >= 0.6 is 0 Å². The molecule has 3 heteroatoms. The first-order valence-corrected chi connectivity index (χ1v) is 6.99. The van der Waals surface area contributed by atoms with Crippen LogP contribution in [-0.2, 0) is 0 Å². The van der Waals surface area contributed by atoms with Crippen LogP contribution in [0.3, 0.4) is 0 Å². The molecule has 1 fully saturated rings.